The van der Waals surface area contributed by atoms with Crippen molar-refractivity contribution in [3.05, 3.63) is 39.8 Å². The van der Waals surface area contributed by atoms with E-state index in [1.54, 1.807) is 6.92 Å². The predicted molar refractivity (Wildman–Crippen MR) is 106 cm³/mol. The Labute approximate surface area is 167 Å². The number of fused-ring (bicyclic) bond motifs is 2. The number of amides is 1. The number of rotatable bonds is 6. The van der Waals surface area contributed by atoms with Gasteiger partial charge in [0.05, 0.1) is 12.2 Å². The van der Waals surface area contributed by atoms with Gasteiger partial charge in [0.15, 0.2) is 11.5 Å². The summed E-state index contributed by atoms with van der Waals surface area (Å²) in [6, 6.07) is 5.71. The first-order valence-electron chi connectivity index (χ1n) is 9.65. The lowest BCUT2D eigenvalue weighted by Crippen LogP contribution is -2.16. The first-order valence-corrected chi connectivity index (χ1v) is 10.5. The van der Waals surface area contributed by atoms with Crippen LogP contribution in [0.4, 0.5) is 5.00 Å². The molecule has 1 amide bonds. The summed E-state index contributed by atoms with van der Waals surface area (Å²) in [5.74, 6) is 1.000. The average Bonchev–Trinajstić information content (AvgIpc) is 3.30. The molecule has 0 spiro atoms. The third kappa shape index (κ3) is 3.85. The highest BCUT2D eigenvalue weighted by Gasteiger charge is 2.27. The van der Waals surface area contributed by atoms with Crippen molar-refractivity contribution in [1.82, 2.24) is 0 Å². The van der Waals surface area contributed by atoms with E-state index in [9.17, 15) is 9.59 Å². The molecule has 1 aliphatic carbocycles. The fourth-order valence-electron chi connectivity index (χ4n) is 3.62. The number of esters is 1. The Morgan fingerprint density at radius 2 is 2.00 bits per heavy atom. The summed E-state index contributed by atoms with van der Waals surface area (Å²) in [5, 5.41) is 3.58. The SMILES string of the molecule is CCOC(=O)c1c(NC(=O)CCc2ccc3c(c2)OCO3)sc2c1CCCC2. The van der Waals surface area contributed by atoms with Gasteiger partial charge in [0.25, 0.3) is 0 Å². The first-order chi connectivity index (χ1) is 13.7. The van der Waals surface area contributed by atoms with Gasteiger partial charge in [-0.05, 0) is 62.3 Å². The Morgan fingerprint density at radius 3 is 2.86 bits per heavy atom. The van der Waals surface area contributed by atoms with Crippen LogP contribution in [0.2, 0.25) is 0 Å². The van der Waals surface area contributed by atoms with Crippen LogP contribution in [0, 0.1) is 0 Å². The second-order valence-corrected chi connectivity index (χ2v) is 7.98. The number of carbonyl (C=O) groups is 2. The molecule has 0 saturated heterocycles. The number of hydrogen-bond acceptors (Lipinski definition) is 6. The van der Waals surface area contributed by atoms with E-state index in [1.807, 2.05) is 18.2 Å². The molecule has 1 aliphatic heterocycles. The van der Waals surface area contributed by atoms with Gasteiger partial charge in [0.1, 0.15) is 5.00 Å². The largest absolute Gasteiger partial charge is 0.462 e. The third-order valence-electron chi connectivity index (χ3n) is 4.98. The molecule has 0 radical (unpaired) electrons. The standard InChI is InChI=1S/C21H23NO5S/c1-2-25-21(24)19-14-5-3-4-6-17(14)28-20(19)22-18(23)10-8-13-7-9-15-16(11-13)27-12-26-15/h7,9,11H,2-6,8,10,12H2,1H3,(H,22,23). The summed E-state index contributed by atoms with van der Waals surface area (Å²) < 4.78 is 15.9. The molecule has 2 aromatic rings. The van der Waals surface area contributed by atoms with Crippen molar-refractivity contribution < 1.29 is 23.8 Å². The average molecular weight is 401 g/mol. The third-order valence-corrected chi connectivity index (χ3v) is 6.19. The van der Waals surface area contributed by atoms with Crippen molar-refractivity contribution in [3.63, 3.8) is 0 Å². The fourth-order valence-corrected chi connectivity index (χ4v) is 4.91. The number of carbonyl (C=O) groups excluding carboxylic acids is 2. The second kappa shape index (κ2) is 8.22. The van der Waals surface area contributed by atoms with Crippen LogP contribution in [0.5, 0.6) is 11.5 Å². The summed E-state index contributed by atoms with van der Waals surface area (Å²) >= 11 is 1.51. The van der Waals surface area contributed by atoms with Crippen molar-refractivity contribution in [2.75, 3.05) is 18.7 Å². The van der Waals surface area contributed by atoms with Crippen molar-refractivity contribution >= 4 is 28.2 Å². The summed E-state index contributed by atoms with van der Waals surface area (Å²) in [5.41, 5.74) is 2.62. The van der Waals surface area contributed by atoms with Crippen molar-refractivity contribution in [3.8, 4) is 11.5 Å². The molecular weight excluding hydrogens is 378 g/mol. The van der Waals surface area contributed by atoms with Gasteiger partial charge in [0.2, 0.25) is 12.7 Å². The minimum absolute atomic E-state index is 0.109. The predicted octanol–water partition coefficient (Wildman–Crippen LogP) is 4.10. The van der Waals surface area contributed by atoms with Crippen molar-refractivity contribution in [2.24, 2.45) is 0 Å². The number of hydrogen-bond donors (Lipinski definition) is 1. The second-order valence-electron chi connectivity index (χ2n) is 6.87. The van der Waals surface area contributed by atoms with Crippen LogP contribution in [-0.4, -0.2) is 25.3 Å². The number of benzene rings is 1. The van der Waals surface area contributed by atoms with E-state index in [0.717, 1.165) is 42.6 Å². The lowest BCUT2D eigenvalue weighted by molar-refractivity contribution is -0.116. The molecule has 7 heteroatoms. The van der Waals surface area contributed by atoms with Crippen LogP contribution in [-0.2, 0) is 28.8 Å². The van der Waals surface area contributed by atoms with E-state index >= 15 is 0 Å². The van der Waals surface area contributed by atoms with Gasteiger partial charge in [-0.25, -0.2) is 4.79 Å². The first kappa shape index (κ1) is 18.8. The molecular formula is C21H23NO5S. The monoisotopic (exact) mass is 401 g/mol. The molecule has 2 heterocycles. The van der Waals surface area contributed by atoms with Gasteiger partial charge in [-0.2, -0.15) is 0 Å². The maximum Gasteiger partial charge on any atom is 0.341 e. The van der Waals surface area contributed by atoms with Crippen LogP contribution < -0.4 is 14.8 Å². The zero-order valence-electron chi connectivity index (χ0n) is 15.8. The van der Waals surface area contributed by atoms with Crippen molar-refractivity contribution in [2.45, 2.75) is 45.4 Å². The molecule has 28 heavy (non-hydrogen) atoms. The molecule has 6 nitrogen and oxygen atoms in total. The van der Waals surface area contributed by atoms with Gasteiger partial charge in [-0.1, -0.05) is 6.07 Å². The molecule has 1 aromatic carbocycles. The number of aryl methyl sites for hydroxylation is 2. The van der Waals surface area contributed by atoms with Gasteiger partial charge in [-0.15, -0.1) is 11.3 Å². The highest BCUT2D eigenvalue weighted by molar-refractivity contribution is 7.17. The van der Waals surface area contributed by atoms with Crippen LogP contribution in [0.1, 0.15) is 52.5 Å². The van der Waals surface area contributed by atoms with Gasteiger partial charge in [0, 0.05) is 11.3 Å². The Morgan fingerprint density at radius 1 is 1.18 bits per heavy atom. The summed E-state index contributed by atoms with van der Waals surface area (Å²) in [6.07, 6.45) is 4.92. The zero-order valence-corrected chi connectivity index (χ0v) is 16.7. The maximum atomic E-state index is 12.6. The van der Waals surface area contributed by atoms with Gasteiger partial charge >= 0.3 is 5.97 Å². The molecule has 0 fully saturated rings. The molecule has 1 N–H and O–H groups in total. The molecule has 0 unspecified atom stereocenters. The van der Waals surface area contributed by atoms with Gasteiger partial charge < -0.3 is 19.5 Å². The molecule has 0 bridgehead atoms. The van der Waals surface area contributed by atoms with E-state index < -0.39 is 0 Å². The van der Waals surface area contributed by atoms with Crippen LogP contribution in [0.25, 0.3) is 0 Å². The normalized spacial score (nSPS) is 14.5. The van der Waals surface area contributed by atoms with E-state index in [1.165, 1.54) is 16.2 Å². The summed E-state index contributed by atoms with van der Waals surface area (Å²) in [7, 11) is 0. The molecule has 0 saturated carbocycles. The highest BCUT2D eigenvalue weighted by atomic mass is 32.1. The topological polar surface area (TPSA) is 73.9 Å². The minimum Gasteiger partial charge on any atom is -0.462 e. The van der Waals surface area contributed by atoms with Crippen LogP contribution >= 0.6 is 11.3 Å². The Hall–Kier alpha value is -2.54. The van der Waals surface area contributed by atoms with E-state index in [4.69, 9.17) is 14.2 Å². The smallest absolute Gasteiger partial charge is 0.341 e. The van der Waals surface area contributed by atoms with E-state index in [0.29, 0.717) is 35.8 Å². The summed E-state index contributed by atoms with van der Waals surface area (Å²) in [6.45, 7) is 2.35. The van der Waals surface area contributed by atoms with Gasteiger partial charge in [-0.3, -0.25) is 4.79 Å². The number of anilines is 1. The number of nitrogens with one attached hydrogen (secondary N) is 1. The van der Waals surface area contributed by atoms with Crippen LogP contribution in [0.15, 0.2) is 18.2 Å². The zero-order chi connectivity index (χ0) is 19.5. The molecule has 1 aromatic heterocycles. The van der Waals surface area contributed by atoms with Crippen LogP contribution in [0.3, 0.4) is 0 Å². The Kier molecular flexibility index (Phi) is 5.52. The molecule has 0 atom stereocenters. The minimum atomic E-state index is -0.340. The van der Waals surface area contributed by atoms with E-state index in [-0.39, 0.29) is 18.7 Å². The lowest BCUT2D eigenvalue weighted by Gasteiger charge is -2.12. The number of ether oxygens (including phenoxy) is 3. The fraction of sp³-hybridized carbons (Fsp3) is 0.429. The maximum absolute atomic E-state index is 12.6. The summed E-state index contributed by atoms with van der Waals surface area (Å²) in [4.78, 5) is 26.2. The molecule has 148 valence electrons. The number of thiophene rings is 1. The molecule has 4 rings (SSSR count). The lowest BCUT2D eigenvalue weighted by atomic mass is 9.95. The highest BCUT2D eigenvalue weighted by Crippen LogP contribution is 2.39. The Bertz CT molecular complexity index is 904. The van der Waals surface area contributed by atoms with E-state index in [2.05, 4.69) is 5.32 Å². The molecule has 2 aliphatic rings. The van der Waals surface area contributed by atoms with Crippen molar-refractivity contribution in [1.29, 1.82) is 0 Å². The quantitative estimate of drug-likeness (QED) is 0.738. The Balaban J connectivity index is 1.45.